The summed E-state index contributed by atoms with van der Waals surface area (Å²) in [5.74, 6) is 0.779. The summed E-state index contributed by atoms with van der Waals surface area (Å²) in [6.45, 7) is 4.20. The molecule has 0 bridgehead atoms. The summed E-state index contributed by atoms with van der Waals surface area (Å²) >= 11 is 0. The Bertz CT molecular complexity index is 515. The van der Waals surface area contributed by atoms with E-state index in [9.17, 15) is 9.90 Å². The van der Waals surface area contributed by atoms with Gasteiger partial charge in [0.05, 0.1) is 6.61 Å². The second kappa shape index (κ2) is 5.44. The molecule has 1 aromatic rings. The number of amides is 1. The van der Waals surface area contributed by atoms with Gasteiger partial charge >= 0.3 is 0 Å². The summed E-state index contributed by atoms with van der Waals surface area (Å²) in [7, 11) is 0. The summed E-state index contributed by atoms with van der Waals surface area (Å²) in [6, 6.07) is 6.54. The summed E-state index contributed by atoms with van der Waals surface area (Å²) < 4.78 is 0. The van der Waals surface area contributed by atoms with Crippen LogP contribution in [0, 0.1) is 12.8 Å². The first-order valence-electron chi connectivity index (χ1n) is 7.42. The van der Waals surface area contributed by atoms with Crippen LogP contribution in [0.5, 0.6) is 0 Å². The largest absolute Gasteiger partial charge is 0.392 e. The number of nitrogens with zero attached hydrogens (tertiary/aromatic N) is 1. The van der Waals surface area contributed by atoms with Gasteiger partial charge in [-0.05, 0) is 42.9 Å². The molecule has 108 valence electrons. The number of hydrogen-bond donors (Lipinski definition) is 2. The Morgan fingerprint density at radius 1 is 1.40 bits per heavy atom. The minimum atomic E-state index is 0.0951. The number of aliphatic hydroxyl groups excluding tert-OH is 1. The van der Waals surface area contributed by atoms with E-state index in [4.69, 9.17) is 0 Å². The Hall–Kier alpha value is -1.55. The van der Waals surface area contributed by atoms with E-state index in [1.807, 2.05) is 6.07 Å². The molecule has 2 atom stereocenters. The molecule has 2 unspecified atom stereocenters. The quantitative estimate of drug-likeness (QED) is 0.861. The van der Waals surface area contributed by atoms with E-state index in [-0.39, 0.29) is 12.5 Å². The van der Waals surface area contributed by atoms with Gasteiger partial charge in [0.2, 0.25) is 5.91 Å². The minimum Gasteiger partial charge on any atom is -0.392 e. The predicted molar refractivity (Wildman–Crippen MR) is 78.6 cm³/mol. The maximum atomic E-state index is 11.4. The lowest BCUT2D eigenvalue weighted by Gasteiger charge is -2.42. The van der Waals surface area contributed by atoms with Crippen molar-refractivity contribution in [2.24, 2.45) is 5.92 Å². The molecular formula is C16H22N2O2. The summed E-state index contributed by atoms with van der Waals surface area (Å²) in [4.78, 5) is 13.9. The number of benzene rings is 1. The van der Waals surface area contributed by atoms with Crippen molar-refractivity contribution >= 4 is 11.6 Å². The van der Waals surface area contributed by atoms with Gasteiger partial charge in [0.1, 0.15) is 0 Å². The van der Waals surface area contributed by atoms with Crippen molar-refractivity contribution in [2.45, 2.75) is 38.8 Å². The fourth-order valence-corrected chi connectivity index (χ4v) is 3.50. The number of carbonyl (C=O) groups is 1. The first-order valence-corrected chi connectivity index (χ1v) is 7.42. The van der Waals surface area contributed by atoms with Crippen molar-refractivity contribution in [3.05, 3.63) is 29.3 Å². The molecule has 2 saturated heterocycles. The highest BCUT2D eigenvalue weighted by Crippen LogP contribution is 2.30. The van der Waals surface area contributed by atoms with Crippen LogP contribution in [-0.4, -0.2) is 30.1 Å². The number of piperidine rings is 2. The summed E-state index contributed by atoms with van der Waals surface area (Å²) in [5.41, 5.74) is 3.44. The molecule has 0 aromatic heterocycles. The van der Waals surface area contributed by atoms with Gasteiger partial charge in [-0.15, -0.1) is 0 Å². The molecule has 1 aromatic carbocycles. The monoisotopic (exact) mass is 274 g/mol. The Labute approximate surface area is 119 Å². The predicted octanol–water partition coefficient (Wildman–Crippen LogP) is 1.59. The molecule has 2 heterocycles. The average molecular weight is 274 g/mol. The molecule has 20 heavy (non-hydrogen) atoms. The molecule has 0 radical (unpaired) electrons. The molecule has 2 aliphatic heterocycles. The standard InChI is InChI=1S/C16H22N2O2/c1-11-8-12(10-19)2-4-15(11)18-7-6-14-13(9-18)3-5-16(20)17-14/h2,4,8,13-14,19H,3,5-7,9-10H2,1H3,(H,17,20). The van der Waals surface area contributed by atoms with Gasteiger partial charge in [0.15, 0.2) is 0 Å². The van der Waals surface area contributed by atoms with Gasteiger partial charge in [0, 0.05) is 31.2 Å². The van der Waals surface area contributed by atoms with Crippen molar-refractivity contribution < 1.29 is 9.90 Å². The van der Waals surface area contributed by atoms with E-state index in [1.54, 1.807) is 0 Å². The molecule has 0 aliphatic carbocycles. The number of carbonyl (C=O) groups excluding carboxylic acids is 1. The smallest absolute Gasteiger partial charge is 0.220 e. The molecule has 2 aliphatic rings. The second-order valence-corrected chi connectivity index (χ2v) is 5.99. The zero-order valence-corrected chi connectivity index (χ0v) is 11.9. The molecule has 3 rings (SSSR count). The highest BCUT2D eigenvalue weighted by atomic mass is 16.3. The molecule has 2 N–H and O–H groups in total. The van der Waals surface area contributed by atoms with Gasteiger partial charge in [0.25, 0.3) is 0 Å². The van der Waals surface area contributed by atoms with Crippen LogP contribution in [0.1, 0.15) is 30.4 Å². The maximum absolute atomic E-state index is 11.4. The van der Waals surface area contributed by atoms with Gasteiger partial charge in [-0.2, -0.15) is 0 Å². The maximum Gasteiger partial charge on any atom is 0.220 e. The number of aryl methyl sites for hydroxylation is 1. The normalized spacial score (nSPS) is 26.1. The van der Waals surface area contributed by atoms with E-state index < -0.39 is 0 Å². The van der Waals surface area contributed by atoms with Crippen LogP contribution >= 0.6 is 0 Å². The number of aliphatic hydroxyl groups is 1. The van der Waals surface area contributed by atoms with Gasteiger partial charge in [-0.3, -0.25) is 4.79 Å². The molecular weight excluding hydrogens is 252 g/mol. The Morgan fingerprint density at radius 2 is 2.25 bits per heavy atom. The molecule has 4 nitrogen and oxygen atoms in total. The van der Waals surface area contributed by atoms with Crippen molar-refractivity contribution in [2.75, 3.05) is 18.0 Å². The molecule has 0 saturated carbocycles. The van der Waals surface area contributed by atoms with Gasteiger partial charge in [-0.25, -0.2) is 0 Å². The van der Waals surface area contributed by atoms with E-state index >= 15 is 0 Å². The van der Waals surface area contributed by atoms with Crippen LogP contribution in [0.3, 0.4) is 0 Å². The summed E-state index contributed by atoms with van der Waals surface area (Å²) in [6.07, 6.45) is 2.69. The Kier molecular flexibility index (Phi) is 3.66. The molecule has 0 spiro atoms. The first kappa shape index (κ1) is 13.4. The number of nitrogens with one attached hydrogen (secondary N) is 1. The lowest BCUT2D eigenvalue weighted by atomic mass is 9.85. The van der Waals surface area contributed by atoms with Crippen molar-refractivity contribution in [1.82, 2.24) is 5.32 Å². The van der Waals surface area contributed by atoms with Gasteiger partial charge < -0.3 is 15.3 Å². The lowest BCUT2D eigenvalue weighted by molar-refractivity contribution is -0.124. The number of hydrogen-bond acceptors (Lipinski definition) is 3. The Balaban J connectivity index is 1.74. The SMILES string of the molecule is Cc1cc(CO)ccc1N1CCC2NC(=O)CCC2C1. The van der Waals surface area contributed by atoms with E-state index in [1.165, 1.54) is 11.3 Å². The third-order valence-electron chi connectivity index (χ3n) is 4.61. The average Bonchev–Trinajstić information content (AvgIpc) is 2.46. The van der Waals surface area contributed by atoms with E-state index in [2.05, 4.69) is 29.3 Å². The van der Waals surface area contributed by atoms with Crippen molar-refractivity contribution in [3.63, 3.8) is 0 Å². The third-order valence-corrected chi connectivity index (χ3v) is 4.61. The molecule has 4 heteroatoms. The highest BCUT2D eigenvalue weighted by Gasteiger charge is 2.34. The fraction of sp³-hybridized carbons (Fsp3) is 0.562. The minimum absolute atomic E-state index is 0.0951. The van der Waals surface area contributed by atoms with Crippen LogP contribution in [0.15, 0.2) is 18.2 Å². The number of fused-ring (bicyclic) bond motifs is 1. The van der Waals surface area contributed by atoms with Crippen LogP contribution in [0.4, 0.5) is 5.69 Å². The van der Waals surface area contributed by atoms with E-state index in [0.717, 1.165) is 31.5 Å². The summed E-state index contributed by atoms with van der Waals surface area (Å²) in [5, 5.41) is 12.3. The third kappa shape index (κ3) is 2.52. The van der Waals surface area contributed by atoms with Crippen molar-refractivity contribution in [1.29, 1.82) is 0 Å². The zero-order valence-electron chi connectivity index (χ0n) is 11.9. The van der Waals surface area contributed by atoms with Crippen LogP contribution < -0.4 is 10.2 Å². The number of anilines is 1. The van der Waals surface area contributed by atoms with Crippen molar-refractivity contribution in [3.8, 4) is 0 Å². The first-order chi connectivity index (χ1) is 9.67. The number of rotatable bonds is 2. The highest BCUT2D eigenvalue weighted by molar-refractivity contribution is 5.77. The lowest BCUT2D eigenvalue weighted by Crippen LogP contribution is -2.54. The molecule has 2 fully saturated rings. The van der Waals surface area contributed by atoms with Crippen LogP contribution in [0.25, 0.3) is 0 Å². The van der Waals surface area contributed by atoms with Gasteiger partial charge in [-0.1, -0.05) is 12.1 Å². The van der Waals surface area contributed by atoms with Crippen LogP contribution in [0.2, 0.25) is 0 Å². The van der Waals surface area contributed by atoms with Crippen LogP contribution in [-0.2, 0) is 11.4 Å². The fourth-order valence-electron chi connectivity index (χ4n) is 3.50. The Morgan fingerprint density at radius 3 is 3.00 bits per heavy atom. The van der Waals surface area contributed by atoms with E-state index in [0.29, 0.717) is 18.4 Å². The second-order valence-electron chi connectivity index (χ2n) is 5.99. The molecule has 1 amide bonds. The zero-order chi connectivity index (χ0) is 14.1. The topological polar surface area (TPSA) is 52.6 Å².